The SMILES string of the molecule is CCCC1CCC(C(=O)O)N(Cc2oc(=O)oc2C)CC1. The minimum atomic E-state index is -0.810. The highest BCUT2D eigenvalue weighted by molar-refractivity contribution is 5.73. The Kier molecular flexibility index (Phi) is 5.22. The van der Waals surface area contributed by atoms with Crippen molar-refractivity contribution in [3.05, 3.63) is 22.1 Å². The molecule has 0 bridgehead atoms. The first kappa shape index (κ1) is 15.8. The van der Waals surface area contributed by atoms with E-state index in [0.717, 1.165) is 25.7 Å². The smallest absolute Gasteiger partial charge is 0.480 e. The van der Waals surface area contributed by atoms with E-state index in [0.29, 0.717) is 36.9 Å². The third-order valence-corrected chi connectivity index (χ3v) is 4.28. The summed E-state index contributed by atoms with van der Waals surface area (Å²) >= 11 is 0. The molecule has 2 heterocycles. The summed E-state index contributed by atoms with van der Waals surface area (Å²) in [6.45, 7) is 4.83. The van der Waals surface area contributed by atoms with E-state index >= 15 is 0 Å². The van der Waals surface area contributed by atoms with Crippen LogP contribution in [0.1, 0.15) is 50.5 Å². The predicted molar refractivity (Wildman–Crippen MR) is 76.1 cm³/mol. The van der Waals surface area contributed by atoms with Crippen LogP contribution in [0.2, 0.25) is 0 Å². The Morgan fingerprint density at radius 1 is 1.33 bits per heavy atom. The Labute approximate surface area is 123 Å². The Hall–Kier alpha value is -1.56. The number of aryl methyl sites for hydroxylation is 1. The van der Waals surface area contributed by atoms with Crippen molar-refractivity contribution in [2.45, 2.75) is 58.5 Å². The van der Waals surface area contributed by atoms with Crippen LogP contribution in [0.3, 0.4) is 0 Å². The van der Waals surface area contributed by atoms with Crippen LogP contribution in [-0.2, 0) is 11.3 Å². The third kappa shape index (κ3) is 3.97. The summed E-state index contributed by atoms with van der Waals surface area (Å²) in [6.07, 6.45) is 4.83. The minimum absolute atomic E-state index is 0.313. The van der Waals surface area contributed by atoms with Gasteiger partial charge in [0.1, 0.15) is 11.8 Å². The first-order chi connectivity index (χ1) is 10.0. The maximum absolute atomic E-state index is 11.5. The number of aliphatic carboxylic acids is 1. The predicted octanol–water partition coefficient (Wildman–Crippen LogP) is 2.40. The highest BCUT2D eigenvalue weighted by Crippen LogP contribution is 2.27. The molecular weight excluding hydrogens is 274 g/mol. The van der Waals surface area contributed by atoms with Crippen molar-refractivity contribution >= 4 is 5.97 Å². The van der Waals surface area contributed by atoms with E-state index in [9.17, 15) is 14.7 Å². The van der Waals surface area contributed by atoms with Gasteiger partial charge in [-0.15, -0.1) is 0 Å². The summed E-state index contributed by atoms with van der Waals surface area (Å²) in [5.41, 5.74) is 0. The molecule has 1 N–H and O–H groups in total. The summed E-state index contributed by atoms with van der Waals surface area (Å²) in [6, 6.07) is -0.522. The Morgan fingerprint density at radius 3 is 2.67 bits per heavy atom. The molecule has 118 valence electrons. The van der Waals surface area contributed by atoms with E-state index < -0.39 is 17.8 Å². The van der Waals surface area contributed by atoms with Crippen LogP contribution in [0.4, 0.5) is 0 Å². The lowest BCUT2D eigenvalue weighted by Crippen LogP contribution is -2.40. The highest BCUT2D eigenvalue weighted by atomic mass is 16.6. The van der Waals surface area contributed by atoms with E-state index in [2.05, 4.69) is 6.92 Å². The fourth-order valence-electron chi connectivity index (χ4n) is 3.09. The van der Waals surface area contributed by atoms with Gasteiger partial charge in [-0.25, -0.2) is 4.79 Å². The zero-order valence-electron chi connectivity index (χ0n) is 12.6. The number of hydrogen-bond donors (Lipinski definition) is 1. The normalized spacial score (nSPS) is 23.9. The summed E-state index contributed by atoms with van der Waals surface area (Å²) < 4.78 is 9.85. The fourth-order valence-corrected chi connectivity index (χ4v) is 3.09. The number of nitrogens with zero attached hydrogens (tertiary/aromatic N) is 1. The molecule has 1 aliphatic heterocycles. The van der Waals surface area contributed by atoms with Crippen molar-refractivity contribution < 1.29 is 18.7 Å². The third-order valence-electron chi connectivity index (χ3n) is 4.28. The topological polar surface area (TPSA) is 83.9 Å². The maximum Gasteiger partial charge on any atom is 0.519 e. The van der Waals surface area contributed by atoms with E-state index in [4.69, 9.17) is 8.83 Å². The molecule has 6 nitrogen and oxygen atoms in total. The number of hydrogen-bond acceptors (Lipinski definition) is 5. The lowest BCUT2D eigenvalue weighted by Gasteiger charge is -2.25. The van der Waals surface area contributed by atoms with E-state index in [1.54, 1.807) is 6.92 Å². The molecule has 1 aromatic heterocycles. The molecule has 0 aliphatic carbocycles. The molecule has 0 amide bonds. The second-order valence-electron chi connectivity index (χ2n) is 5.78. The van der Waals surface area contributed by atoms with E-state index in [1.807, 2.05) is 4.90 Å². The summed E-state index contributed by atoms with van der Waals surface area (Å²) in [5.74, 6) is -0.0957. The molecule has 0 saturated carbocycles. The van der Waals surface area contributed by atoms with E-state index in [1.165, 1.54) is 0 Å². The van der Waals surface area contributed by atoms with Crippen LogP contribution in [0, 0.1) is 12.8 Å². The number of likely N-dealkylation sites (tertiary alicyclic amines) is 1. The van der Waals surface area contributed by atoms with Gasteiger partial charge in [0, 0.05) is 0 Å². The first-order valence-corrected chi connectivity index (χ1v) is 7.57. The van der Waals surface area contributed by atoms with Gasteiger partial charge in [0.2, 0.25) is 0 Å². The molecule has 1 fully saturated rings. The fraction of sp³-hybridized carbons (Fsp3) is 0.733. The number of rotatable bonds is 5. The molecule has 21 heavy (non-hydrogen) atoms. The van der Waals surface area contributed by atoms with Crippen LogP contribution >= 0.6 is 0 Å². The second kappa shape index (κ2) is 6.93. The van der Waals surface area contributed by atoms with Crippen molar-refractivity contribution in [2.24, 2.45) is 5.92 Å². The molecule has 0 spiro atoms. The summed E-state index contributed by atoms with van der Waals surface area (Å²) in [7, 11) is 0. The van der Waals surface area contributed by atoms with Gasteiger partial charge in [0.05, 0.1) is 6.54 Å². The Morgan fingerprint density at radius 2 is 2.10 bits per heavy atom. The lowest BCUT2D eigenvalue weighted by atomic mass is 9.95. The second-order valence-corrected chi connectivity index (χ2v) is 5.78. The van der Waals surface area contributed by atoms with Gasteiger partial charge < -0.3 is 13.9 Å². The molecule has 1 aliphatic rings. The van der Waals surface area contributed by atoms with Crippen molar-refractivity contribution in [3.8, 4) is 0 Å². The Balaban J connectivity index is 2.12. The summed E-state index contributed by atoms with van der Waals surface area (Å²) in [5, 5.41) is 9.44. The largest absolute Gasteiger partial charge is 0.519 e. The van der Waals surface area contributed by atoms with Crippen LogP contribution in [0.5, 0.6) is 0 Å². The standard InChI is InChI=1S/C15H23NO5/c1-3-4-11-5-6-12(14(17)18)16(8-7-11)9-13-10(2)20-15(19)21-13/h11-12H,3-9H2,1-2H3,(H,17,18). The van der Waals surface area contributed by atoms with Gasteiger partial charge >= 0.3 is 11.8 Å². The minimum Gasteiger partial charge on any atom is -0.480 e. The van der Waals surface area contributed by atoms with Gasteiger partial charge in [-0.1, -0.05) is 19.8 Å². The van der Waals surface area contributed by atoms with Crippen molar-refractivity contribution in [1.82, 2.24) is 4.90 Å². The number of carboxylic acids is 1. The molecule has 0 radical (unpaired) electrons. The molecule has 0 aromatic carbocycles. The number of carboxylic acid groups (broad SMARTS) is 1. The lowest BCUT2D eigenvalue weighted by molar-refractivity contribution is -0.143. The monoisotopic (exact) mass is 297 g/mol. The van der Waals surface area contributed by atoms with Crippen LogP contribution in [0.25, 0.3) is 0 Å². The van der Waals surface area contributed by atoms with Gasteiger partial charge in [-0.3, -0.25) is 9.69 Å². The van der Waals surface area contributed by atoms with E-state index in [-0.39, 0.29) is 0 Å². The average molecular weight is 297 g/mol. The van der Waals surface area contributed by atoms with Crippen LogP contribution < -0.4 is 5.82 Å². The molecule has 2 rings (SSSR count). The van der Waals surface area contributed by atoms with Crippen LogP contribution in [0.15, 0.2) is 13.6 Å². The quantitative estimate of drug-likeness (QED) is 0.898. The molecule has 1 saturated heterocycles. The van der Waals surface area contributed by atoms with Gasteiger partial charge in [0.25, 0.3) is 0 Å². The van der Waals surface area contributed by atoms with Gasteiger partial charge in [-0.2, -0.15) is 0 Å². The zero-order valence-corrected chi connectivity index (χ0v) is 12.6. The van der Waals surface area contributed by atoms with Crippen molar-refractivity contribution in [2.75, 3.05) is 6.54 Å². The van der Waals surface area contributed by atoms with Crippen molar-refractivity contribution in [3.63, 3.8) is 0 Å². The van der Waals surface area contributed by atoms with Crippen molar-refractivity contribution in [1.29, 1.82) is 0 Å². The summed E-state index contributed by atoms with van der Waals surface area (Å²) in [4.78, 5) is 24.5. The van der Waals surface area contributed by atoms with Crippen LogP contribution in [-0.4, -0.2) is 28.6 Å². The molecule has 6 heteroatoms. The first-order valence-electron chi connectivity index (χ1n) is 7.57. The molecular formula is C15H23NO5. The van der Waals surface area contributed by atoms with Gasteiger partial charge in [-0.05, 0) is 38.6 Å². The highest BCUT2D eigenvalue weighted by Gasteiger charge is 2.31. The number of carbonyl (C=O) groups is 1. The Bertz CT molecular complexity index is 532. The molecule has 2 unspecified atom stereocenters. The van der Waals surface area contributed by atoms with Gasteiger partial charge in [0.15, 0.2) is 5.76 Å². The average Bonchev–Trinajstić information content (AvgIpc) is 2.61. The molecule has 2 atom stereocenters. The zero-order chi connectivity index (χ0) is 15.4. The molecule has 1 aromatic rings. The maximum atomic E-state index is 11.5.